The lowest BCUT2D eigenvalue weighted by Crippen LogP contribution is -2.40. The number of piperidine rings is 1. The van der Waals surface area contributed by atoms with Crippen molar-refractivity contribution in [3.8, 4) is 11.3 Å². The first-order valence-corrected chi connectivity index (χ1v) is 16.1. The molecule has 1 aromatic heterocycles. The first kappa shape index (κ1) is 30.0. The molecule has 0 saturated carbocycles. The van der Waals surface area contributed by atoms with E-state index in [2.05, 4.69) is 5.32 Å². The van der Waals surface area contributed by atoms with Crippen LogP contribution in [0.4, 0.5) is 18.9 Å². The predicted molar refractivity (Wildman–Crippen MR) is 159 cm³/mol. The Morgan fingerprint density at radius 3 is 2.50 bits per heavy atom. The van der Waals surface area contributed by atoms with Gasteiger partial charge in [0.05, 0.1) is 17.0 Å². The van der Waals surface area contributed by atoms with Gasteiger partial charge in [-0.05, 0) is 72.4 Å². The van der Waals surface area contributed by atoms with E-state index in [0.29, 0.717) is 47.2 Å². The van der Waals surface area contributed by atoms with Crippen molar-refractivity contribution >= 4 is 44.5 Å². The number of amides is 1. The number of carbonyl (C=O) groups is 1. The van der Waals surface area contributed by atoms with Gasteiger partial charge in [0.15, 0.2) is 11.6 Å². The van der Waals surface area contributed by atoms with Gasteiger partial charge in [0.25, 0.3) is 5.91 Å². The summed E-state index contributed by atoms with van der Waals surface area (Å²) in [6, 6.07) is 12.5. The van der Waals surface area contributed by atoms with Crippen molar-refractivity contribution in [3.05, 3.63) is 88.7 Å². The Morgan fingerprint density at radius 1 is 1.10 bits per heavy atom. The number of sulfonamides is 1. The van der Waals surface area contributed by atoms with Crippen LogP contribution in [0.15, 0.2) is 59.0 Å². The Bertz CT molecular complexity index is 1740. The number of hydrogen-bond donors (Lipinski definition) is 1. The normalized spacial score (nSPS) is 16.1. The largest absolute Gasteiger partial charge is 0.455 e. The second-order valence-electron chi connectivity index (χ2n) is 10.2. The molecule has 1 N–H and O–H groups in total. The Balaban J connectivity index is 1.57. The maximum Gasteiger partial charge on any atom is 0.255 e. The van der Waals surface area contributed by atoms with Crippen LogP contribution >= 0.6 is 11.9 Å². The number of anilines is 1. The molecule has 3 aromatic carbocycles. The van der Waals surface area contributed by atoms with Crippen molar-refractivity contribution in [2.24, 2.45) is 0 Å². The molecule has 1 unspecified atom stereocenters. The van der Waals surface area contributed by atoms with Crippen LogP contribution in [0.25, 0.3) is 22.3 Å². The van der Waals surface area contributed by atoms with Gasteiger partial charge < -0.3 is 14.0 Å². The van der Waals surface area contributed by atoms with Crippen molar-refractivity contribution in [2.75, 3.05) is 37.7 Å². The molecule has 1 fully saturated rings. The molecule has 2 heterocycles. The Morgan fingerprint density at radius 2 is 1.83 bits per heavy atom. The fourth-order valence-corrected chi connectivity index (χ4v) is 7.33. The van der Waals surface area contributed by atoms with Gasteiger partial charge in [0.1, 0.15) is 17.2 Å². The third kappa shape index (κ3) is 5.88. The lowest BCUT2D eigenvalue weighted by molar-refractivity contribution is 0.0964. The zero-order valence-corrected chi connectivity index (χ0v) is 24.9. The summed E-state index contributed by atoms with van der Waals surface area (Å²) in [4.78, 5) is 13.1. The molecule has 1 aliphatic heterocycles. The molecular formula is C30H30F3N3O4S2. The van der Waals surface area contributed by atoms with E-state index in [4.69, 9.17) is 4.42 Å². The standard InChI is InChI=1S/C30H30F3N3O4S2/c1-34-30(37)28-23-14-22(26(35(2)41-3)15-27(23)40-29(28)19-7-9-21(31)10-8-19)20-5-4-12-36(16-20)42(38,39)17-18-6-11-24(32)25(33)13-18/h6-11,13-15,20H,4-5,12,16-17H2,1-3H3,(H,34,37). The summed E-state index contributed by atoms with van der Waals surface area (Å²) >= 11 is 1.47. The highest BCUT2D eigenvalue weighted by Crippen LogP contribution is 2.42. The number of carbonyl (C=O) groups excluding carboxylic acids is 1. The molecule has 1 amide bonds. The van der Waals surface area contributed by atoms with Gasteiger partial charge in [-0.15, -0.1) is 0 Å². The minimum absolute atomic E-state index is 0.169. The summed E-state index contributed by atoms with van der Waals surface area (Å²) in [5.74, 6) is -3.27. The number of fused-ring (bicyclic) bond motifs is 1. The molecule has 1 atom stereocenters. The van der Waals surface area contributed by atoms with E-state index in [-0.39, 0.29) is 23.9 Å². The van der Waals surface area contributed by atoms with E-state index in [1.54, 1.807) is 12.1 Å². The maximum atomic E-state index is 13.8. The number of furan rings is 1. The number of hydrogen-bond acceptors (Lipinski definition) is 6. The van der Waals surface area contributed by atoms with E-state index in [0.717, 1.165) is 23.4 Å². The second kappa shape index (κ2) is 12.0. The quantitative estimate of drug-likeness (QED) is 0.234. The highest BCUT2D eigenvalue weighted by Gasteiger charge is 2.33. The summed E-state index contributed by atoms with van der Waals surface area (Å²) in [6.45, 7) is 0.493. The SMILES string of the molecule is CNC(=O)c1c(-c2ccc(F)cc2)oc2cc(N(C)SC)c(C3CCCN(S(=O)(=O)Cc4ccc(F)c(F)c4)C3)cc12. The van der Waals surface area contributed by atoms with Crippen LogP contribution in [0, 0.1) is 17.5 Å². The molecule has 1 saturated heterocycles. The molecule has 0 radical (unpaired) electrons. The second-order valence-corrected chi connectivity index (χ2v) is 13.1. The summed E-state index contributed by atoms with van der Waals surface area (Å²) in [5.41, 5.74) is 3.14. The van der Waals surface area contributed by atoms with Crippen LogP contribution in [0.2, 0.25) is 0 Å². The number of rotatable bonds is 8. The van der Waals surface area contributed by atoms with Crippen LogP contribution in [-0.2, 0) is 15.8 Å². The molecular weight excluding hydrogens is 587 g/mol. The molecule has 1 aliphatic rings. The van der Waals surface area contributed by atoms with E-state index in [1.807, 2.05) is 29.7 Å². The van der Waals surface area contributed by atoms with E-state index < -0.39 is 33.2 Å². The minimum atomic E-state index is -3.84. The molecule has 0 aliphatic carbocycles. The Labute approximate surface area is 246 Å². The number of nitrogens with one attached hydrogen (secondary N) is 1. The molecule has 0 spiro atoms. The third-order valence-corrected chi connectivity index (χ3v) is 10.1. The topological polar surface area (TPSA) is 82.9 Å². The maximum absolute atomic E-state index is 13.8. The first-order chi connectivity index (χ1) is 20.0. The number of halogens is 3. The number of nitrogens with zero attached hydrogens (tertiary/aromatic N) is 2. The average Bonchev–Trinajstić information content (AvgIpc) is 3.36. The van der Waals surface area contributed by atoms with E-state index in [9.17, 15) is 26.4 Å². The Hall–Kier alpha value is -3.48. The van der Waals surface area contributed by atoms with Crippen LogP contribution in [-0.4, -0.2) is 52.1 Å². The zero-order chi connectivity index (χ0) is 30.2. The molecule has 7 nitrogen and oxygen atoms in total. The van der Waals surface area contributed by atoms with Crippen LogP contribution < -0.4 is 9.62 Å². The number of benzene rings is 3. The van der Waals surface area contributed by atoms with Gasteiger partial charge in [0, 0.05) is 50.5 Å². The van der Waals surface area contributed by atoms with Gasteiger partial charge in [-0.2, -0.15) is 0 Å². The predicted octanol–water partition coefficient (Wildman–Crippen LogP) is 6.30. The molecule has 222 valence electrons. The lowest BCUT2D eigenvalue weighted by atomic mass is 9.89. The van der Waals surface area contributed by atoms with E-state index >= 15 is 0 Å². The molecule has 42 heavy (non-hydrogen) atoms. The highest BCUT2D eigenvalue weighted by atomic mass is 32.2. The molecule has 5 rings (SSSR count). The summed E-state index contributed by atoms with van der Waals surface area (Å²) < 4.78 is 77.1. The monoisotopic (exact) mass is 617 g/mol. The summed E-state index contributed by atoms with van der Waals surface area (Å²) in [6.07, 6.45) is 3.21. The van der Waals surface area contributed by atoms with Crippen molar-refractivity contribution in [1.82, 2.24) is 9.62 Å². The van der Waals surface area contributed by atoms with Crippen molar-refractivity contribution < 1.29 is 30.8 Å². The fraction of sp³-hybridized carbons (Fsp3) is 0.300. The van der Waals surface area contributed by atoms with Gasteiger partial charge in [0.2, 0.25) is 10.0 Å². The molecule has 0 bridgehead atoms. The smallest absolute Gasteiger partial charge is 0.255 e. The lowest BCUT2D eigenvalue weighted by Gasteiger charge is -2.34. The highest BCUT2D eigenvalue weighted by molar-refractivity contribution is 7.99. The fourth-order valence-electron chi connectivity index (χ4n) is 5.38. The van der Waals surface area contributed by atoms with Crippen molar-refractivity contribution in [1.29, 1.82) is 0 Å². The zero-order valence-electron chi connectivity index (χ0n) is 23.3. The van der Waals surface area contributed by atoms with E-state index in [1.165, 1.54) is 41.5 Å². The summed E-state index contributed by atoms with van der Waals surface area (Å²) in [7, 11) is -0.432. The van der Waals surface area contributed by atoms with Gasteiger partial charge in [-0.1, -0.05) is 18.0 Å². The summed E-state index contributed by atoms with van der Waals surface area (Å²) in [5, 5.41) is 3.22. The Kier molecular flexibility index (Phi) is 8.58. The van der Waals surface area contributed by atoms with Crippen LogP contribution in [0.3, 0.4) is 0 Å². The van der Waals surface area contributed by atoms with Gasteiger partial charge >= 0.3 is 0 Å². The third-order valence-electron chi connectivity index (χ3n) is 7.56. The first-order valence-electron chi connectivity index (χ1n) is 13.3. The van der Waals surface area contributed by atoms with Gasteiger partial charge in [-0.3, -0.25) is 4.79 Å². The van der Waals surface area contributed by atoms with Crippen molar-refractivity contribution in [2.45, 2.75) is 24.5 Å². The van der Waals surface area contributed by atoms with Crippen molar-refractivity contribution in [3.63, 3.8) is 0 Å². The van der Waals surface area contributed by atoms with Crippen LogP contribution in [0.1, 0.15) is 40.2 Å². The average molecular weight is 618 g/mol. The minimum Gasteiger partial charge on any atom is -0.455 e. The molecule has 4 aromatic rings. The van der Waals surface area contributed by atoms with Crippen LogP contribution in [0.5, 0.6) is 0 Å². The molecule has 12 heteroatoms. The van der Waals surface area contributed by atoms with Gasteiger partial charge in [-0.25, -0.2) is 25.9 Å².